The van der Waals surface area contributed by atoms with Gasteiger partial charge in [-0.15, -0.1) is 0 Å². The highest BCUT2D eigenvalue weighted by atomic mass is 16.3. The Labute approximate surface area is 212 Å². The van der Waals surface area contributed by atoms with Crippen LogP contribution in [-0.4, -0.2) is 32.7 Å². The van der Waals surface area contributed by atoms with Gasteiger partial charge in [0.05, 0.1) is 11.9 Å². The van der Waals surface area contributed by atoms with Crippen molar-refractivity contribution in [1.29, 1.82) is 0 Å². The zero-order valence-electron chi connectivity index (χ0n) is 21.0. The van der Waals surface area contributed by atoms with Crippen molar-refractivity contribution >= 4 is 11.6 Å². The summed E-state index contributed by atoms with van der Waals surface area (Å²) >= 11 is 0. The van der Waals surface area contributed by atoms with Crippen LogP contribution < -0.4 is 5.32 Å². The van der Waals surface area contributed by atoms with Crippen LogP contribution in [0.2, 0.25) is 0 Å². The van der Waals surface area contributed by atoms with Gasteiger partial charge in [0, 0.05) is 37.3 Å². The van der Waals surface area contributed by atoms with E-state index in [2.05, 4.69) is 17.0 Å². The van der Waals surface area contributed by atoms with Crippen molar-refractivity contribution in [3.05, 3.63) is 132 Å². The van der Waals surface area contributed by atoms with Crippen LogP contribution in [-0.2, 0) is 16.9 Å². The molecule has 0 saturated heterocycles. The molecule has 0 saturated carbocycles. The van der Waals surface area contributed by atoms with Gasteiger partial charge in [-0.2, -0.15) is 5.10 Å². The van der Waals surface area contributed by atoms with Gasteiger partial charge in [0.25, 0.3) is 5.91 Å². The minimum absolute atomic E-state index is 0.227. The summed E-state index contributed by atoms with van der Waals surface area (Å²) in [6.07, 6.45) is 9.53. The smallest absolute Gasteiger partial charge is 0.255 e. The molecular weight excluding hydrogens is 448 g/mol. The minimum Gasteiger partial charge on any atom is -0.376 e. The lowest BCUT2D eigenvalue weighted by atomic mass is 9.76. The number of anilines is 1. The molecular formula is C30H32N4O2. The van der Waals surface area contributed by atoms with Crippen LogP contribution in [0.15, 0.2) is 120 Å². The number of allylic oxidation sites excluding steroid dienone is 1. The third-order valence-corrected chi connectivity index (χ3v) is 6.47. The van der Waals surface area contributed by atoms with Crippen molar-refractivity contribution in [3.8, 4) is 0 Å². The van der Waals surface area contributed by atoms with E-state index in [1.807, 2.05) is 98.7 Å². The molecule has 6 heteroatoms. The van der Waals surface area contributed by atoms with E-state index in [4.69, 9.17) is 0 Å². The highest BCUT2D eigenvalue weighted by Gasteiger charge is 2.37. The molecule has 0 bridgehead atoms. The zero-order valence-corrected chi connectivity index (χ0v) is 21.0. The van der Waals surface area contributed by atoms with Gasteiger partial charge in [-0.3, -0.25) is 9.48 Å². The van der Waals surface area contributed by atoms with Crippen molar-refractivity contribution in [1.82, 2.24) is 14.7 Å². The molecule has 1 aromatic heterocycles. The molecule has 2 heterocycles. The standard InChI is InChI=1S/C30H32N4O2/c1-5-27(22(3)30(36,24-13-9-7-10-14-24)25-15-11-8-12-16-25)28-19-23(17-18-33(28)4)29(35)32-26-20-31-34(6-2)21-26/h7-21,36H,3,5-6H2,1-2,4H3,(H,32,35)/b28-27-. The van der Waals surface area contributed by atoms with Crippen LogP contribution in [0.5, 0.6) is 0 Å². The van der Waals surface area contributed by atoms with E-state index < -0.39 is 5.60 Å². The van der Waals surface area contributed by atoms with Crippen molar-refractivity contribution < 1.29 is 9.90 Å². The Morgan fingerprint density at radius 2 is 1.67 bits per heavy atom. The molecule has 36 heavy (non-hydrogen) atoms. The SMILES string of the molecule is C=C(/C(CC)=C1/C=C(C(=O)Nc2cnn(CC)c2)C=CN1C)C(O)(c1ccccc1)c1ccccc1. The topological polar surface area (TPSA) is 70.4 Å². The molecule has 0 radical (unpaired) electrons. The maximum Gasteiger partial charge on any atom is 0.255 e. The molecule has 1 aliphatic rings. The highest BCUT2D eigenvalue weighted by Crippen LogP contribution is 2.41. The second-order valence-electron chi connectivity index (χ2n) is 8.70. The van der Waals surface area contributed by atoms with Crippen LogP contribution >= 0.6 is 0 Å². The summed E-state index contributed by atoms with van der Waals surface area (Å²) in [7, 11) is 1.93. The van der Waals surface area contributed by atoms with E-state index in [9.17, 15) is 9.90 Å². The summed E-state index contributed by atoms with van der Waals surface area (Å²) in [5.74, 6) is -0.227. The van der Waals surface area contributed by atoms with Gasteiger partial charge >= 0.3 is 0 Å². The number of rotatable bonds is 8. The summed E-state index contributed by atoms with van der Waals surface area (Å²) in [6.45, 7) is 9.16. The van der Waals surface area contributed by atoms with Crippen molar-refractivity contribution in [2.75, 3.05) is 12.4 Å². The van der Waals surface area contributed by atoms with Crippen LogP contribution in [0.25, 0.3) is 0 Å². The molecule has 6 nitrogen and oxygen atoms in total. The number of benzene rings is 2. The molecule has 0 aliphatic carbocycles. The van der Waals surface area contributed by atoms with Gasteiger partial charge in [-0.25, -0.2) is 0 Å². The minimum atomic E-state index is -1.44. The van der Waals surface area contributed by atoms with Crippen LogP contribution in [0, 0.1) is 0 Å². The van der Waals surface area contributed by atoms with E-state index in [1.165, 1.54) is 0 Å². The Bertz CT molecular complexity index is 1290. The number of nitrogens with zero attached hydrogens (tertiary/aromatic N) is 3. The van der Waals surface area contributed by atoms with Crippen LogP contribution in [0.1, 0.15) is 31.4 Å². The van der Waals surface area contributed by atoms with E-state index in [1.54, 1.807) is 23.2 Å². The molecule has 184 valence electrons. The zero-order chi connectivity index (χ0) is 25.7. The number of aromatic nitrogens is 2. The Hall–Kier alpha value is -4.16. The van der Waals surface area contributed by atoms with Gasteiger partial charge < -0.3 is 15.3 Å². The second kappa shape index (κ2) is 10.6. The summed E-state index contributed by atoms with van der Waals surface area (Å²) in [6, 6.07) is 19.1. The maximum atomic E-state index is 13.1. The van der Waals surface area contributed by atoms with Crippen molar-refractivity contribution in [2.45, 2.75) is 32.4 Å². The Morgan fingerprint density at radius 3 is 2.19 bits per heavy atom. The average Bonchev–Trinajstić information content (AvgIpc) is 3.38. The Morgan fingerprint density at radius 1 is 1.06 bits per heavy atom. The number of carbonyl (C=O) groups excluding carboxylic acids is 1. The first-order valence-electron chi connectivity index (χ1n) is 12.1. The molecule has 3 aromatic rings. The van der Waals surface area contributed by atoms with Crippen molar-refractivity contribution in [2.24, 2.45) is 0 Å². The van der Waals surface area contributed by atoms with Gasteiger partial charge in [0.15, 0.2) is 0 Å². The quantitative estimate of drug-likeness (QED) is 0.454. The van der Waals surface area contributed by atoms with E-state index in [0.29, 0.717) is 23.3 Å². The Balaban J connectivity index is 1.76. The largest absolute Gasteiger partial charge is 0.376 e. The molecule has 2 N–H and O–H groups in total. The number of hydrogen-bond acceptors (Lipinski definition) is 4. The molecule has 2 aromatic carbocycles. The number of carbonyl (C=O) groups is 1. The highest BCUT2D eigenvalue weighted by molar-refractivity contribution is 6.06. The number of aliphatic hydroxyl groups is 1. The third-order valence-electron chi connectivity index (χ3n) is 6.47. The normalized spacial score (nSPS) is 14.9. The maximum absolute atomic E-state index is 13.1. The van der Waals surface area contributed by atoms with E-state index >= 15 is 0 Å². The van der Waals surface area contributed by atoms with Gasteiger partial charge in [0.2, 0.25) is 0 Å². The van der Waals surface area contributed by atoms with Gasteiger partial charge in [0.1, 0.15) is 5.60 Å². The average molecular weight is 481 g/mol. The molecule has 0 fully saturated rings. The predicted octanol–water partition coefficient (Wildman–Crippen LogP) is 5.38. The first kappa shape index (κ1) is 24.9. The summed E-state index contributed by atoms with van der Waals surface area (Å²) in [5.41, 5.74) is 3.42. The fourth-order valence-corrected chi connectivity index (χ4v) is 4.46. The predicted molar refractivity (Wildman–Crippen MR) is 144 cm³/mol. The molecule has 0 spiro atoms. The number of hydrogen-bond donors (Lipinski definition) is 2. The number of amides is 1. The molecule has 0 atom stereocenters. The van der Waals surface area contributed by atoms with Gasteiger partial charge in [-0.1, -0.05) is 74.2 Å². The van der Waals surface area contributed by atoms with E-state index in [-0.39, 0.29) is 5.91 Å². The molecule has 0 unspecified atom stereocenters. The van der Waals surface area contributed by atoms with Crippen LogP contribution in [0.4, 0.5) is 5.69 Å². The summed E-state index contributed by atoms with van der Waals surface area (Å²) < 4.78 is 1.76. The van der Waals surface area contributed by atoms with Crippen molar-refractivity contribution in [3.63, 3.8) is 0 Å². The van der Waals surface area contributed by atoms with Crippen LogP contribution in [0.3, 0.4) is 0 Å². The third kappa shape index (κ3) is 4.81. The van der Waals surface area contributed by atoms with Gasteiger partial charge in [-0.05, 0) is 47.8 Å². The first-order valence-corrected chi connectivity index (χ1v) is 12.1. The summed E-state index contributed by atoms with van der Waals surface area (Å²) in [4.78, 5) is 15.0. The summed E-state index contributed by atoms with van der Waals surface area (Å²) in [5, 5.41) is 19.4. The monoisotopic (exact) mass is 480 g/mol. The number of aryl methyl sites for hydroxylation is 1. The first-order chi connectivity index (χ1) is 17.4. The Kier molecular flexibility index (Phi) is 7.36. The fourth-order valence-electron chi connectivity index (χ4n) is 4.46. The lowest BCUT2D eigenvalue weighted by molar-refractivity contribution is -0.112. The van der Waals surface area contributed by atoms with E-state index in [0.717, 1.165) is 28.9 Å². The lowest BCUT2D eigenvalue weighted by Gasteiger charge is -2.35. The number of likely N-dealkylation sites (N-methyl/N-ethyl adjacent to an activating group) is 1. The number of nitrogens with one attached hydrogen (secondary N) is 1. The molecule has 4 rings (SSSR count). The molecule has 1 aliphatic heterocycles. The lowest BCUT2D eigenvalue weighted by Crippen LogP contribution is -2.31. The fraction of sp³-hybridized carbons (Fsp3) is 0.200. The molecule has 1 amide bonds. The second-order valence-corrected chi connectivity index (χ2v) is 8.70.